The average molecular weight is 421 g/mol. The number of piperidine rings is 1. The Morgan fingerprint density at radius 2 is 1.90 bits per heavy atom. The maximum absolute atomic E-state index is 11.9. The van der Waals surface area contributed by atoms with Crippen LogP contribution in [0.3, 0.4) is 0 Å². The van der Waals surface area contributed by atoms with Crippen LogP contribution in [-0.4, -0.2) is 48.9 Å². The Balaban J connectivity index is 1.53. The van der Waals surface area contributed by atoms with Gasteiger partial charge in [0.15, 0.2) is 5.72 Å². The standard InChI is InChI=1S/C24H27N3O4/c1-16(28)26-12-10-24(11-13-26)27-21(19-6-4-5-7-22(19)31-24)15-20(25-27)18-9-8-17(29-2)14-23(18)30-3/h4-9,14-15,21,25H,10-13H2,1-3H3/t21-/m1/s1. The summed E-state index contributed by atoms with van der Waals surface area (Å²) in [5.74, 6) is 2.51. The summed E-state index contributed by atoms with van der Waals surface area (Å²) in [6, 6.07) is 14.0. The van der Waals surface area contributed by atoms with Crippen LogP contribution < -0.4 is 19.6 Å². The number of rotatable bonds is 3. The van der Waals surface area contributed by atoms with Crippen LogP contribution in [0.15, 0.2) is 48.5 Å². The molecule has 1 saturated heterocycles. The first-order valence-electron chi connectivity index (χ1n) is 10.6. The van der Waals surface area contributed by atoms with Gasteiger partial charge in [0, 0.05) is 50.0 Å². The molecule has 0 radical (unpaired) electrons. The number of hydrazine groups is 1. The molecular weight excluding hydrogens is 394 g/mol. The lowest BCUT2D eigenvalue weighted by Gasteiger charge is -2.51. The average Bonchev–Trinajstić information content (AvgIpc) is 3.25. The van der Waals surface area contributed by atoms with Crippen molar-refractivity contribution in [2.24, 2.45) is 0 Å². The largest absolute Gasteiger partial charge is 0.497 e. The smallest absolute Gasteiger partial charge is 0.219 e. The number of likely N-dealkylation sites (tertiary alicyclic amines) is 1. The molecule has 1 amide bonds. The zero-order valence-electron chi connectivity index (χ0n) is 18.1. The van der Waals surface area contributed by atoms with Crippen LogP contribution in [0.2, 0.25) is 0 Å². The summed E-state index contributed by atoms with van der Waals surface area (Å²) in [5, 5.41) is 2.21. The van der Waals surface area contributed by atoms with Gasteiger partial charge in [-0.2, -0.15) is 5.01 Å². The van der Waals surface area contributed by atoms with Crippen molar-refractivity contribution in [3.05, 3.63) is 59.7 Å². The molecule has 3 aliphatic rings. The number of benzene rings is 2. The molecule has 2 aromatic rings. The molecule has 7 nitrogen and oxygen atoms in total. The van der Waals surface area contributed by atoms with E-state index in [1.165, 1.54) is 0 Å². The van der Waals surface area contributed by atoms with Gasteiger partial charge in [-0.3, -0.25) is 4.79 Å². The SMILES string of the molecule is COc1ccc(C2=C[C@@H]3c4ccccc4OC4(CCN(C(C)=O)CC4)N3N2)c(OC)c1. The molecule has 2 aromatic carbocycles. The molecule has 1 spiro atoms. The second kappa shape index (κ2) is 7.50. The monoisotopic (exact) mass is 421 g/mol. The summed E-state index contributed by atoms with van der Waals surface area (Å²) < 4.78 is 17.6. The molecule has 1 atom stereocenters. The lowest BCUT2D eigenvalue weighted by atomic mass is 9.92. The third-order valence-corrected chi connectivity index (χ3v) is 6.51. The molecule has 7 heteroatoms. The van der Waals surface area contributed by atoms with E-state index in [-0.39, 0.29) is 11.9 Å². The zero-order valence-corrected chi connectivity index (χ0v) is 18.1. The number of fused-ring (bicyclic) bond motifs is 4. The third-order valence-electron chi connectivity index (χ3n) is 6.51. The van der Waals surface area contributed by atoms with Gasteiger partial charge in [-0.05, 0) is 24.3 Å². The van der Waals surface area contributed by atoms with Crippen LogP contribution in [0.25, 0.3) is 5.70 Å². The van der Waals surface area contributed by atoms with Crippen LogP contribution in [0.5, 0.6) is 17.2 Å². The summed E-state index contributed by atoms with van der Waals surface area (Å²) in [4.78, 5) is 13.8. The minimum atomic E-state index is -0.525. The van der Waals surface area contributed by atoms with Crippen LogP contribution in [-0.2, 0) is 4.79 Å². The first-order chi connectivity index (χ1) is 15.0. The normalized spacial score (nSPS) is 21.5. The number of carbonyl (C=O) groups is 1. The van der Waals surface area contributed by atoms with E-state index in [0.29, 0.717) is 13.1 Å². The molecule has 3 heterocycles. The number of para-hydroxylation sites is 1. The minimum Gasteiger partial charge on any atom is -0.497 e. The Morgan fingerprint density at radius 1 is 1.13 bits per heavy atom. The van der Waals surface area contributed by atoms with Gasteiger partial charge in [0.1, 0.15) is 17.2 Å². The van der Waals surface area contributed by atoms with E-state index in [2.05, 4.69) is 22.6 Å². The highest BCUT2D eigenvalue weighted by Gasteiger charge is 2.51. The van der Waals surface area contributed by atoms with Crippen molar-refractivity contribution in [2.45, 2.75) is 31.5 Å². The predicted molar refractivity (Wildman–Crippen MR) is 117 cm³/mol. The summed E-state index contributed by atoms with van der Waals surface area (Å²) in [5.41, 5.74) is 6.14. The summed E-state index contributed by atoms with van der Waals surface area (Å²) in [6.07, 6.45) is 3.68. The number of ether oxygens (including phenoxy) is 3. The number of nitrogens with one attached hydrogen (secondary N) is 1. The molecule has 162 valence electrons. The van der Waals surface area contributed by atoms with Gasteiger partial charge in [0.05, 0.1) is 26.0 Å². The van der Waals surface area contributed by atoms with Gasteiger partial charge >= 0.3 is 0 Å². The van der Waals surface area contributed by atoms with Crippen molar-refractivity contribution in [3.63, 3.8) is 0 Å². The van der Waals surface area contributed by atoms with Crippen molar-refractivity contribution in [1.82, 2.24) is 15.3 Å². The molecule has 0 bridgehead atoms. The zero-order chi connectivity index (χ0) is 21.6. The number of hydrogen-bond acceptors (Lipinski definition) is 6. The molecule has 3 aliphatic heterocycles. The van der Waals surface area contributed by atoms with Gasteiger partial charge < -0.3 is 24.5 Å². The van der Waals surface area contributed by atoms with Crippen molar-refractivity contribution < 1.29 is 19.0 Å². The summed E-state index contributed by atoms with van der Waals surface area (Å²) in [6.45, 7) is 2.97. The topological polar surface area (TPSA) is 63.3 Å². The molecule has 0 saturated carbocycles. The van der Waals surface area contributed by atoms with Crippen molar-refractivity contribution in [3.8, 4) is 17.2 Å². The lowest BCUT2D eigenvalue weighted by molar-refractivity contribution is -0.165. The Hall–Kier alpha value is -3.19. The second-order valence-corrected chi connectivity index (χ2v) is 8.17. The van der Waals surface area contributed by atoms with E-state index in [9.17, 15) is 4.79 Å². The number of hydrogen-bond donors (Lipinski definition) is 1. The van der Waals surface area contributed by atoms with Crippen molar-refractivity contribution in [1.29, 1.82) is 0 Å². The Bertz CT molecular complexity index is 1040. The maximum atomic E-state index is 11.9. The van der Waals surface area contributed by atoms with Crippen LogP contribution in [0.4, 0.5) is 0 Å². The van der Waals surface area contributed by atoms with Gasteiger partial charge in [-0.25, -0.2) is 0 Å². The number of methoxy groups -OCH3 is 2. The Morgan fingerprint density at radius 3 is 2.61 bits per heavy atom. The third kappa shape index (κ3) is 3.20. The van der Waals surface area contributed by atoms with E-state index in [4.69, 9.17) is 14.2 Å². The van der Waals surface area contributed by atoms with Crippen LogP contribution >= 0.6 is 0 Å². The van der Waals surface area contributed by atoms with Gasteiger partial charge in [-0.1, -0.05) is 18.2 Å². The van der Waals surface area contributed by atoms with Crippen LogP contribution in [0.1, 0.15) is 36.9 Å². The number of nitrogens with zero attached hydrogens (tertiary/aromatic N) is 2. The highest BCUT2D eigenvalue weighted by atomic mass is 16.5. The molecule has 31 heavy (non-hydrogen) atoms. The molecule has 5 rings (SSSR count). The molecular formula is C24H27N3O4. The molecule has 0 aliphatic carbocycles. The van der Waals surface area contributed by atoms with Gasteiger partial charge in [0.25, 0.3) is 0 Å². The van der Waals surface area contributed by atoms with E-state index >= 15 is 0 Å². The fourth-order valence-corrected chi connectivity index (χ4v) is 4.81. The van der Waals surface area contributed by atoms with Crippen LogP contribution in [0, 0.1) is 0 Å². The molecule has 0 aromatic heterocycles. The highest BCUT2D eigenvalue weighted by molar-refractivity contribution is 5.74. The Kier molecular flexibility index (Phi) is 4.78. The number of carbonyl (C=O) groups excluding carboxylic acids is 1. The van der Waals surface area contributed by atoms with E-state index in [0.717, 1.165) is 46.9 Å². The first kappa shape index (κ1) is 19.8. The van der Waals surface area contributed by atoms with E-state index < -0.39 is 5.72 Å². The predicted octanol–water partition coefficient (Wildman–Crippen LogP) is 3.34. The summed E-state index contributed by atoms with van der Waals surface area (Å²) in [7, 11) is 3.31. The summed E-state index contributed by atoms with van der Waals surface area (Å²) >= 11 is 0. The quantitative estimate of drug-likeness (QED) is 0.820. The maximum Gasteiger partial charge on any atom is 0.219 e. The molecule has 1 fully saturated rings. The minimum absolute atomic E-state index is 0.0237. The van der Waals surface area contributed by atoms with Crippen molar-refractivity contribution >= 4 is 11.6 Å². The van der Waals surface area contributed by atoms with Gasteiger partial charge in [-0.15, -0.1) is 0 Å². The Labute approximate surface area is 182 Å². The fourth-order valence-electron chi connectivity index (χ4n) is 4.81. The van der Waals surface area contributed by atoms with E-state index in [1.54, 1.807) is 21.1 Å². The molecule has 1 N–H and O–H groups in total. The lowest BCUT2D eigenvalue weighted by Crippen LogP contribution is -2.64. The second-order valence-electron chi connectivity index (χ2n) is 8.17. The van der Waals surface area contributed by atoms with Crippen molar-refractivity contribution in [2.75, 3.05) is 27.3 Å². The van der Waals surface area contributed by atoms with Gasteiger partial charge in [0.2, 0.25) is 5.91 Å². The fraction of sp³-hybridized carbons (Fsp3) is 0.375. The highest BCUT2D eigenvalue weighted by Crippen LogP contribution is 2.49. The number of amides is 1. The molecule has 0 unspecified atom stereocenters. The first-order valence-corrected chi connectivity index (χ1v) is 10.6. The van der Waals surface area contributed by atoms with E-state index in [1.807, 2.05) is 41.3 Å².